The van der Waals surface area contributed by atoms with Crippen LogP contribution in [0, 0.1) is 0 Å². The van der Waals surface area contributed by atoms with Crippen molar-refractivity contribution in [1.82, 2.24) is 9.13 Å². The van der Waals surface area contributed by atoms with Crippen molar-refractivity contribution >= 4 is 43.6 Å². The van der Waals surface area contributed by atoms with Crippen LogP contribution in [0.15, 0.2) is 103 Å². The molecule has 0 spiro atoms. The number of fused-ring (bicyclic) bond motifs is 6. The first-order chi connectivity index (χ1) is 20.7. The fourth-order valence-electron chi connectivity index (χ4n) is 6.01. The lowest BCUT2D eigenvalue weighted by atomic mass is 10.00. The molecule has 2 nitrogen and oxygen atoms in total. The topological polar surface area (TPSA) is 9.86 Å². The molecule has 0 aliphatic carbocycles. The van der Waals surface area contributed by atoms with Crippen LogP contribution in [0.2, 0.25) is 0 Å². The molecule has 11 heteroatoms. The minimum absolute atomic E-state index is 0.0300. The molecule has 0 amide bonds. The van der Waals surface area contributed by atoms with E-state index in [1.54, 1.807) is 24.3 Å². The number of para-hydroxylation sites is 3. The minimum atomic E-state index is -5.54. The molecule has 0 bridgehead atoms. The van der Waals surface area contributed by atoms with Crippen LogP contribution in [0.5, 0.6) is 0 Å². The molecular formula is C33H17F9N2. The summed E-state index contributed by atoms with van der Waals surface area (Å²) in [7, 11) is 0. The first-order valence-electron chi connectivity index (χ1n) is 13.2. The highest BCUT2D eigenvalue weighted by molar-refractivity contribution is 6.12. The van der Waals surface area contributed by atoms with Gasteiger partial charge in [0.25, 0.3) is 0 Å². The summed E-state index contributed by atoms with van der Waals surface area (Å²) in [4.78, 5) is 0. The van der Waals surface area contributed by atoms with Gasteiger partial charge in [-0.25, -0.2) is 0 Å². The van der Waals surface area contributed by atoms with Gasteiger partial charge in [-0.15, -0.1) is 0 Å². The maximum absolute atomic E-state index is 14.4. The molecule has 7 aromatic rings. The molecular weight excluding hydrogens is 595 g/mol. The van der Waals surface area contributed by atoms with Crippen molar-refractivity contribution in [3.63, 3.8) is 0 Å². The van der Waals surface area contributed by atoms with Crippen molar-refractivity contribution in [2.45, 2.75) is 18.5 Å². The molecule has 2 heterocycles. The summed E-state index contributed by atoms with van der Waals surface area (Å²) in [5.41, 5.74) is -5.37. The van der Waals surface area contributed by atoms with E-state index in [2.05, 4.69) is 0 Å². The molecule has 0 aliphatic rings. The molecule has 5 aromatic carbocycles. The summed E-state index contributed by atoms with van der Waals surface area (Å²) < 4.78 is 130. The summed E-state index contributed by atoms with van der Waals surface area (Å²) in [6.07, 6.45) is -16.5. The van der Waals surface area contributed by atoms with E-state index < -0.39 is 40.9 Å². The summed E-state index contributed by atoms with van der Waals surface area (Å²) >= 11 is 0. The lowest BCUT2D eigenvalue weighted by Crippen LogP contribution is -2.20. The van der Waals surface area contributed by atoms with Crippen LogP contribution in [-0.2, 0) is 18.5 Å². The molecule has 0 saturated heterocycles. The van der Waals surface area contributed by atoms with Crippen molar-refractivity contribution in [2.24, 2.45) is 0 Å². The normalized spacial score (nSPS) is 13.1. The monoisotopic (exact) mass is 612 g/mol. The van der Waals surface area contributed by atoms with Crippen LogP contribution < -0.4 is 0 Å². The SMILES string of the molecule is FC(F)(F)c1cc(C(F)(F)F)c(-n2c3ccccc3c3cc(-n4c5ccccc5c5ccccc54)ccc32)c(C(F)(F)F)c1. The number of hydrogen-bond acceptors (Lipinski definition) is 0. The molecule has 0 aliphatic heterocycles. The predicted octanol–water partition coefficient (Wildman–Crippen LogP) is 10.9. The Morgan fingerprint density at radius 1 is 0.386 bits per heavy atom. The van der Waals surface area contributed by atoms with E-state index in [9.17, 15) is 39.5 Å². The fourth-order valence-corrected chi connectivity index (χ4v) is 6.01. The number of nitrogens with zero attached hydrogens (tertiary/aromatic N) is 2. The number of alkyl halides is 9. The van der Waals surface area contributed by atoms with Gasteiger partial charge in [-0.3, -0.25) is 0 Å². The zero-order valence-corrected chi connectivity index (χ0v) is 22.1. The van der Waals surface area contributed by atoms with E-state index in [0.29, 0.717) is 16.5 Å². The van der Waals surface area contributed by atoms with Crippen LogP contribution in [0.4, 0.5) is 39.5 Å². The summed E-state index contributed by atoms with van der Waals surface area (Å²) in [6, 6.07) is 25.2. The van der Waals surface area contributed by atoms with Crippen molar-refractivity contribution in [3.05, 3.63) is 120 Å². The van der Waals surface area contributed by atoms with Crippen LogP contribution >= 0.6 is 0 Å². The van der Waals surface area contributed by atoms with Gasteiger partial charge in [0.2, 0.25) is 0 Å². The second kappa shape index (κ2) is 9.28. The average molecular weight is 612 g/mol. The zero-order valence-electron chi connectivity index (χ0n) is 22.1. The molecule has 2 aromatic heterocycles. The largest absolute Gasteiger partial charge is 0.418 e. The Labute approximate surface area is 242 Å². The van der Waals surface area contributed by atoms with Crippen LogP contribution in [0.3, 0.4) is 0 Å². The van der Waals surface area contributed by atoms with Crippen LogP contribution in [0.1, 0.15) is 16.7 Å². The average Bonchev–Trinajstić information content (AvgIpc) is 3.47. The van der Waals surface area contributed by atoms with Gasteiger partial charge in [-0.05, 0) is 48.5 Å². The number of benzene rings is 5. The molecule has 0 saturated carbocycles. The van der Waals surface area contributed by atoms with Crippen molar-refractivity contribution < 1.29 is 39.5 Å². The lowest BCUT2D eigenvalue weighted by Gasteiger charge is -2.23. The molecule has 0 atom stereocenters. The lowest BCUT2D eigenvalue weighted by molar-refractivity contribution is -0.148. The smallest absolute Gasteiger partial charge is 0.309 e. The van der Waals surface area contributed by atoms with Gasteiger partial charge in [0.15, 0.2) is 0 Å². The van der Waals surface area contributed by atoms with Crippen molar-refractivity contribution in [1.29, 1.82) is 0 Å². The van der Waals surface area contributed by atoms with Gasteiger partial charge < -0.3 is 9.13 Å². The van der Waals surface area contributed by atoms with E-state index >= 15 is 0 Å². The van der Waals surface area contributed by atoms with Gasteiger partial charge in [0.05, 0.1) is 44.4 Å². The Hall–Kier alpha value is -4.93. The summed E-state index contributed by atoms with van der Waals surface area (Å²) in [6.45, 7) is 0. The van der Waals surface area contributed by atoms with Gasteiger partial charge in [-0.2, -0.15) is 39.5 Å². The van der Waals surface area contributed by atoms with Gasteiger partial charge in [-0.1, -0.05) is 54.6 Å². The first kappa shape index (κ1) is 27.9. The second-order valence-corrected chi connectivity index (χ2v) is 10.3. The van der Waals surface area contributed by atoms with Gasteiger partial charge >= 0.3 is 18.5 Å². The van der Waals surface area contributed by atoms with Crippen LogP contribution in [0.25, 0.3) is 55.0 Å². The van der Waals surface area contributed by atoms with Crippen molar-refractivity contribution in [2.75, 3.05) is 0 Å². The third-order valence-corrected chi connectivity index (χ3v) is 7.77. The Morgan fingerprint density at radius 3 is 1.25 bits per heavy atom. The Morgan fingerprint density at radius 2 is 0.795 bits per heavy atom. The van der Waals surface area contributed by atoms with Gasteiger partial charge in [0, 0.05) is 27.2 Å². The van der Waals surface area contributed by atoms with E-state index in [-0.39, 0.29) is 23.2 Å². The summed E-state index contributed by atoms with van der Waals surface area (Å²) in [5, 5.41) is 2.53. The highest BCUT2D eigenvalue weighted by Gasteiger charge is 2.46. The van der Waals surface area contributed by atoms with E-state index in [4.69, 9.17) is 0 Å². The van der Waals surface area contributed by atoms with E-state index in [1.807, 2.05) is 53.1 Å². The number of hydrogen-bond donors (Lipinski definition) is 0. The van der Waals surface area contributed by atoms with E-state index in [1.165, 1.54) is 18.2 Å². The fraction of sp³-hybridized carbons (Fsp3) is 0.0909. The molecule has 0 unspecified atom stereocenters. The summed E-state index contributed by atoms with van der Waals surface area (Å²) in [5.74, 6) is 0. The van der Waals surface area contributed by atoms with Gasteiger partial charge in [0.1, 0.15) is 0 Å². The first-order valence-corrected chi connectivity index (χ1v) is 13.2. The number of aromatic nitrogens is 2. The predicted molar refractivity (Wildman–Crippen MR) is 150 cm³/mol. The quantitative estimate of drug-likeness (QED) is 0.172. The molecule has 0 N–H and O–H groups in total. The molecule has 7 rings (SSSR count). The molecule has 222 valence electrons. The van der Waals surface area contributed by atoms with Crippen LogP contribution in [-0.4, -0.2) is 9.13 Å². The number of rotatable bonds is 2. The third kappa shape index (κ3) is 4.21. The van der Waals surface area contributed by atoms with E-state index in [0.717, 1.165) is 26.4 Å². The Bertz CT molecular complexity index is 2160. The number of halogens is 9. The van der Waals surface area contributed by atoms with Crippen molar-refractivity contribution in [3.8, 4) is 11.4 Å². The Kier molecular flexibility index (Phi) is 5.88. The molecule has 0 fully saturated rings. The highest BCUT2D eigenvalue weighted by atomic mass is 19.4. The minimum Gasteiger partial charge on any atom is -0.309 e. The molecule has 44 heavy (non-hydrogen) atoms. The zero-order chi connectivity index (χ0) is 31.2. The maximum Gasteiger partial charge on any atom is 0.418 e. The maximum atomic E-state index is 14.4. The standard InChI is InChI=1S/C33H17F9N2/c34-31(35,36)18-15-24(32(37,38)39)30(25(16-18)33(40,41)42)44-28-12-6-3-9-22(28)23-17-19(13-14-29(23)44)43-26-10-4-1-7-20(26)21-8-2-5-11-27(21)43/h1-17H. The highest BCUT2D eigenvalue weighted by Crippen LogP contribution is 2.47. The Balaban J connectivity index is 1.60. The third-order valence-electron chi connectivity index (χ3n) is 7.77. The second-order valence-electron chi connectivity index (χ2n) is 10.3. The molecule has 0 radical (unpaired) electrons.